The SMILES string of the molecule is C=CC(=O)N1CCC(Oc2cc3c(Nc4ccc(Oc5nc(-c6cnc(OC)nc6)cs5)cc4F)ncnc3cc2OC)CC1. The van der Waals surface area contributed by atoms with Crippen molar-refractivity contribution in [1.29, 1.82) is 0 Å². The van der Waals surface area contributed by atoms with Gasteiger partial charge >= 0.3 is 6.01 Å². The van der Waals surface area contributed by atoms with E-state index in [4.69, 9.17) is 18.9 Å². The highest BCUT2D eigenvalue weighted by Crippen LogP contribution is 2.37. The van der Waals surface area contributed by atoms with E-state index in [1.54, 1.807) is 54.0 Å². The summed E-state index contributed by atoms with van der Waals surface area (Å²) < 4.78 is 38.0. The van der Waals surface area contributed by atoms with Gasteiger partial charge in [0, 0.05) is 66.8 Å². The summed E-state index contributed by atoms with van der Waals surface area (Å²) in [5.41, 5.74) is 2.10. The minimum absolute atomic E-state index is 0.0889. The zero-order chi connectivity index (χ0) is 31.3. The van der Waals surface area contributed by atoms with Crippen LogP contribution in [-0.4, -0.2) is 69.1 Å². The molecule has 5 aromatic rings. The molecular formula is C31H28FN7O5S. The smallest absolute Gasteiger partial charge is 0.316 e. The van der Waals surface area contributed by atoms with Gasteiger partial charge in [0.05, 0.1) is 31.1 Å². The van der Waals surface area contributed by atoms with Crippen LogP contribution < -0.4 is 24.3 Å². The largest absolute Gasteiger partial charge is 0.493 e. The number of likely N-dealkylation sites (tertiary alicyclic amines) is 1. The lowest BCUT2D eigenvalue weighted by molar-refractivity contribution is -0.127. The quantitative estimate of drug-likeness (QED) is 0.188. The molecule has 2 aromatic carbocycles. The molecule has 0 radical (unpaired) electrons. The minimum Gasteiger partial charge on any atom is -0.493 e. The van der Waals surface area contributed by atoms with Crippen LogP contribution in [0.5, 0.6) is 28.5 Å². The van der Waals surface area contributed by atoms with Crippen molar-refractivity contribution in [3.63, 3.8) is 0 Å². The second-order valence-corrected chi connectivity index (χ2v) is 10.7. The lowest BCUT2D eigenvalue weighted by atomic mass is 10.1. The van der Waals surface area contributed by atoms with E-state index in [1.807, 2.05) is 0 Å². The first-order valence-corrected chi connectivity index (χ1v) is 14.8. The highest BCUT2D eigenvalue weighted by atomic mass is 32.1. The van der Waals surface area contributed by atoms with Crippen molar-refractivity contribution >= 4 is 39.7 Å². The van der Waals surface area contributed by atoms with Gasteiger partial charge in [-0.3, -0.25) is 4.79 Å². The maximum atomic E-state index is 15.3. The molecule has 45 heavy (non-hydrogen) atoms. The predicted molar refractivity (Wildman–Crippen MR) is 166 cm³/mol. The number of halogens is 1. The van der Waals surface area contributed by atoms with E-state index in [9.17, 15) is 4.79 Å². The normalized spacial score (nSPS) is 13.4. The molecular weight excluding hydrogens is 601 g/mol. The van der Waals surface area contributed by atoms with Crippen LogP contribution >= 0.6 is 11.3 Å². The van der Waals surface area contributed by atoms with Crippen molar-refractivity contribution in [2.45, 2.75) is 18.9 Å². The van der Waals surface area contributed by atoms with Gasteiger partial charge in [0.15, 0.2) is 11.5 Å². The molecule has 1 aliphatic heterocycles. The average molecular weight is 630 g/mol. The van der Waals surface area contributed by atoms with Crippen LogP contribution in [0.4, 0.5) is 15.9 Å². The highest BCUT2D eigenvalue weighted by molar-refractivity contribution is 7.11. The first-order chi connectivity index (χ1) is 21.9. The van der Waals surface area contributed by atoms with Gasteiger partial charge in [-0.05, 0) is 24.3 Å². The van der Waals surface area contributed by atoms with Crippen molar-refractivity contribution < 1.29 is 28.1 Å². The number of hydrogen-bond acceptors (Lipinski definition) is 12. The Morgan fingerprint density at radius 3 is 2.58 bits per heavy atom. The number of ether oxygens (including phenoxy) is 4. The molecule has 0 spiro atoms. The fourth-order valence-electron chi connectivity index (χ4n) is 4.80. The molecule has 230 valence electrons. The van der Waals surface area contributed by atoms with Crippen LogP contribution in [0, 0.1) is 5.82 Å². The van der Waals surface area contributed by atoms with Gasteiger partial charge in [0.25, 0.3) is 5.19 Å². The predicted octanol–water partition coefficient (Wildman–Crippen LogP) is 5.79. The Hall–Kier alpha value is -5.37. The first-order valence-electron chi connectivity index (χ1n) is 13.9. The molecule has 0 saturated carbocycles. The summed E-state index contributed by atoms with van der Waals surface area (Å²) >= 11 is 1.26. The molecule has 1 saturated heterocycles. The maximum Gasteiger partial charge on any atom is 0.316 e. The Balaban J connectivity index is 1.17. The van der Waals surface area contributed by atoms with Gasteiger partial charge in [-0.1, -0.05) is 17.9 Å². The molecule has 4 heterocycles. The number of methoxy groups -OCH3 is 2. The zero-order valence-electron chi connectivity index (χ0n) is 24.4. The number of aromatic nitrogens is 5. The van der Waals surface area contributed by atoms with E-state index in [0.717, 1.165) is 0 Å². The molecule has 1 amide bonds. The van der Waals surface area contributed by atoms with E-state index < -0.39 is 5.82 Å². The van der Waals surface area contributed by atoms with Gasteiger partial charge in [0.1, 0.15) is 29.8 Å². The van der Waals surface area contributed by atoms with Crippen molar-refractivity contribution in [3.8, 4) is 39.7 Å². The van der Waals surface area contributed by atoms with Crippen molar-refractivity contribution in [3.05, 3.63) is 72.9 Å². The van der Waals surface area contributed by atoms with E-state index >= 15 is 4.39 Å². The molecule has 3 aromatic heterocycles. The van der Waals surface area contributed by atoms with Gasteiger partial charge in [-0.2, -0.15) is 0 Å². The van der Waals surface area contributed by atoms with Gasteiger partial charge in [-0.15, -0.1) is 0 Å². The lowest BCUT2D eigenvalue weighted by Gasteiger charge is -2.31. The summed E-state index contributed by atoms with van der Waals surface area (Å²) in [6, 6.07) is 8.25. The number of anilines is 2. The number of carbonyl (C=O) groups excluding carboxylic acids is 1. The Morgan fingerprint density at radius 2 is 1.87 bits per heavy atom. The lowest BCUT2D eigenvalue weighted by Crippen LogP contribution is -2.41. The third kappa shape index (κ3) is 6.60. The van der Waals surface area contributed by atoms with E-state index in [1.165, 1.54) is 36.9 Å². The highest BCUT2D eigenvalue weighted by Gasteiger charge is 2.24. The molecule has 14 heteroatoms. The second-order valence-electron chi connectivity index (χ2n) is 9.91. The summed E-state index contributed by atoms with van der Waals surface area (Å²) in [5, 5.41) is 5.82. The third-order valence-electron chi connectivity index (χ3n) is 7.13. The van der Waals surface area contributed by atoms with Gasteiger partial charge in [0.2, 0.25) is 5.91 Å². The molecule has 12 nitrogen and oxygen atoms in total. The van der Waals surface area contributed by atoms with Gasteiger partial charge in [-0.25, -0.2) is 29.3 Å². The molecule has 6 rings (SSSR count). The van der Waals surface area contributed by atoms with Crippen LogP contribution in [0.25, 0.3) is 22.2 Å². The standard InChI is InChI=1S/C31H28FN7O5S/c1-4-28(40)39-9-7-19(8-10-39)43-27-12-21-24(13-26(27)41-2)35-17-36-29(21)37-23-6-5-20(11-22(23)32)44-31-38-25(16-45-31)18-14-33-30(42-3)34-15-18/h4-6,11-17,19H,1,7-10H2,2-3H3,(H,35,36,37). The van der Waals surface area contributed by atoms with E-state index in [-0.39, 0.29) is 29.5 Å². The Morgan fingerprint density at radius 1 is 1.07 bits per heavy atom. The monoisotopic (exact) mass is 629 g/mol. The summed E-state index contributed by atoms with van der Waals surface area (Å²) in [5.74, 6) is 1.04. The number of carbonyl (C=O) groups is 1. The van der Waals surface area contributed by atoms with Gasteiger partial charge < -0.3 is 29.2 Å². The Kier molecular flexibility index (Phi) is 8.64. The molecule has 0 atom stereocenters. The summed E-state index contributed by atoms with van der Waals surface area (Å²) in [7, 11) is 3.05. The minimum atomic E-state index is -0.551. The molecule has 0 unspecified atom stereocenters. The van der Waals surface area contributed by atoms with E-state index in [2.05, 4.69) is 36.8 Å². The summed E-state index contributed by atoms with van der Waals surface area (Å²) in [4.78, 5) is 35.0. The Labute approximate surface area is 261 Å². The van der Waals surface area contributed by atoms with Crippen LogP contribution in [0.1, 0.15) is 12.8 Å². The number of amides is 1. The number of piperidine rings is 1. The van der Waals surface area contributed by atoms with Crippen molar-refractivity contribution in [2.75, 3.05) is 32.6 Å². The Bertz CT molecular complexity index is 1840. The van der Waals surface area contributed by atoms with Crippen molar-refractivity contribution in [1.82, 2.24) is 29.8 Å². The number of thiazole rings is 1. The summed E-state index contributed by atoms with van der Waals surface area (Å²) in [6.45, 7) is 4.70. The fourth-order valence-corrected chi connectivity index (χ4v) is 5.49. The second kappa shape index (κ2) is 13.1. The summed E-state index contributed by atoms with van der Waals surface area (Å²) in [6.07, 6.45) is 7.12. The molecule has 1 aliphatic rings. The number of nitrogens with one attached hydrogen (secondary N) is 1. The molecule has 1 N–H and O–H groups in total. The first kappa shape index (κ1) is 29.7. The van der Waals surface area contributed by atoms with Crippen LogP contribution in [0.3, 0.4) is 0 Å². The topological polar surface area (TPSA) is 134 Å². The van der Waals surface area contributed by atoms with Crippen LogP contribution in [-0.2, 0) is 4.79 Å². The molecule has 0 aliphatic carbocycles. The number of benzene rings is 2. The number of rotatable bonds is 10. The molecule has 0 bridgehead atoms. The van der Waals surface area contributed by atoms with Crippen LogP contribution in [0.15, 0.2) is 67.1 Å². The number of nitrogens with zero attached hydrogens (tertiary/aromatic N) is 6. The van der Waals surface area contributed by atoms with E-state index in [0.29, 0.717) is 70.6 Å². The fraction of sp³-hybridized carbons (Fsp3) is 0.226. The molecule has 1 fully saturated rings. The maximum absolute atomic E-state index is 15.3. The zero-order valence-corrected chi connectivity index (χ0v) is 25.2. The average Bonchev–Trinajstić information content (AvgIpc) is 3.54. The van der Waals surface area contributed by atoms with Crippen molar-refractivity contribution in [2.24, 2.45) is 0 Å². The number of hydrogen-bond donors (Lipinski definition) is 1. The third-order valence-corrected chi connectivity index (χ3v) is 7.85. The van der Waals surface area contributed by atoms with Crippen LogP contribution in [0.2, 0.25) is 0 Å². The number of fused-ring (bicyclic) bond motifs is 1.